The van der Waals surface area contributed by atoms with Gasteiger partial charge in [0.2, 0.25) is 10.0 Å². The molecule has 0 atom stereocenters. The van der Waals surface area contributed by atoms with Crippen molar-refractivity contribution in [3.05, 3.63) is 0 Å². The van der Waals surface area contributed by atoms with Crippen molar-refractivity contribution in [2.45, 2.75) is 51.0 Å². The molecule has 0 aromatic carbocycles. The molecule has 18 heavy (non-hydrogen) atoms. The van der Waals surface area contributed by atoms with Crippen molar-refractivity contribution in [1.82, 2.24) is 9.62 Å². The fourth-order valence-electron chi connectivity index (χ4n) is 3.39. The maximum absolute atomic E-state index is 11.6. The molecule has 2 fully saturated rings. The van der Waals surface area contributed by atoms with E-state index in [1.165, 1.54) is 19.1 Å². The van der Waals surface area contributed by atoms with Gasteiger partial charge < -0.3 is 4.90 Å². The van der Waals surface area contributed by atoms with E-state index in [-0.39, 0.29) is 5.54 Å². The zero-order chi connectivity index (χ0) is 13.2. The second-order valence-electron chi connectivity index (χ2n) is 6.32. The number of likely N-dealkylation sites (tertiary alicyclic amines) is 1. The van der Waals surface area contributed by atoms with Crippen LogP contribution in [-0.4, -0.2) is 44.7 Å². The molecule has 0 bridgehead atoms. The van der Waals surface area contributed by atoms with E-state index in [1.807, 2.05) is 0 Å². The van der Waals surface area contributed by atoms with Crippen molar-refractivity contribution < 1.29 is 8.42 Å². The topological polar surface area (TPSA) is 49.4 Å². The van der Waals surface area contributed by atoms with Crippen LogP contribution in [0.3, 0.4) is 0 Å². The lowest BCUT2D eigenvalue weighted by Crippen LogP contribution is -2.54. The van der Waals surface area contributed by atoms with Crippen LogP contribution in [-0.2, 0) is 10.0 Å². The lowest BCUT2D eigenvalue weighted by molar-refractivity contribution is 0.147. The molecule has 4 nitrogen and oxygen atoms in total. The molecule has 1 aliphatic carbocycles. The van der Waals surface area contributed by atoms with Gasteiger partial charge in [0, 0.05) is 12.1 Å². The Morgan fingerprint density at radius 2 is 1.78 bits per heavy atom. The summed E-state index contributed by atoms with van der Waals surface area (Å²) in [5.74, 6) is 0.823. The van der Waals surface area contributed by atoms with E-state index < -0.39 is 10.0 Å². The summed E-state index contributed by atoms with van der Waals surface area (Å²) < 4.78 is 26.0. The molecule has 1 saturated carbocycles. The summed E-state index contributed by atoms with van der Waals surface area (Å²) >= 11 is 0. The van der Waals surface area contributed by atoms with Gasteiger partial charge in [-0.3, -0.25) is 0 Å². The fourth-order valence-corrected chi connectivity index (χ4v) is 4.44. The van der Waals surface area contributed by atoms with Crippen LogP contribution < -0.4 is 4.72 Å². The number of sulfonamides is 1. The Balaban J connectivity index is 1.98. The largest absolute Gasteiger partial charge is 0.301 e. The second-order valence-corrected chi connectivity index (χ2v) is 8.07. The van der Waals surface area contributed by atoms with Crippen LogP contribution in [0.5, 0.6) is 0 Å². The summed E-state index contributed by atoms with van der Waals surface area (Å²) in [6.45, 7) is 5.44. The van der Waals surface area contributed by atoms with E-state index in [0.717, 1.165) is 51.2 Å². The van der Waals surface area contributed by atoms with Crippen LogP contribution in [0.2, 0.25) is 0 Å². The number of nitrogens with one attached hydrogen (secondary N) is 1. The summed E-state index contributed by atoms with van der Waals surface area (Å²) in [4.78, 5) is 2.45. The lowest BCUT2D eigenvalue weighted by atomic mass is 9.94. The third-order valence-corrected chi connectivity index (χ3v) is 5.17. The Hall–Kier alpha value is -0.130. The normalized spacial score (nSPS) is 26.6. The SMILES string of the molecule is CC1CCN(CC2(NS(C)(=O)=O)CCCC2)CC1. The van der Waals surface area contributed by atoms with E-state index in [1.54, 1.807) is 0 Å². The standard InChI is InChI=1S/C13H26N2O2S/c1-12-5-9-15(10-6-12)11-13(7-3-4-8-13)14-18(2,16)17/h12,14H,3-11H2,1-2H3. The zero-order valence-electron chi connectivity index (χ0n) is 11.6. The third-order valence-electron chi connectivity index (χ3n) is 4.37. The van der Waals surface area contributed by atoms with E-state index in [2.05, 4.69) is 16.5 Å². The van der Waals surface area contributed by atoms with Gasteiger partial charge in [-0.2, -0.15) is 0 Å². The molecular formula is C13H26N2O2S. The minimum absolute atomic E-state index is 0.186. The van der Waals surface area contributed by atoms with E-state index >= 15 is 0 Å². The molecule has 0 unspecified atom stereocenters. The highest BCUT2D eigenvalue weighted by molar-refractivity contribution is 7.88. The van der Waals surface area contributed by atoms with E-state index in [0.29, 0.717) is 0 Å². The van der Waals surface area contributed by atoms with Gasteiger partial charge in [-0.1, -0.05) is 19.8 Å². The van der Waals surface area contributed by atoms with E-state index in [9.17, 15) is 8.42 Å². The number of hydrogen-bond acceptors (Lipinski definition) is 3. The van der Waals surface area contributed by atoms with Crippen molar-refractivity contribution in [2.75, 3.05) is 25.9 Å². The molecule has 2 rings (SSSR count). The van der Waals surface area contributed by atoms with Crippen LogP contribution in [0.15, 0.2) is 0 Å². The van der Waals surface area contributed by atoms with Crippen LogP contribution >= 0.6 is 0 Å². The van der Waals surface area contributed by atoms with Crippen LogP contribution in [0.1, 0.15) is 45.4 Å². The van der Waals surface area contributed by atoms with Gasteiger partial charge >= 0.3 is 0 Å². The van der Waals surface area contributed by atoms with Gasteiger partial charge in [0.25, 0.3) is 0 Å². The fraction of sp³-hybridized carbons (Fsp3) is 1.00. The van der Waals surface area contributed by atoms with Gasteiger partial charge in [0.1, 0.15) is 0 Å². The molecule has 1 saturated heterocycles. The molecule has 1 heterocycles. The summed E-state index contributed by atoms with van der Waals surface area (Å²) in [7, 11) is -3.10. The smallest absolute Gasteiger partial charge is 0.209 e. The number of hydrogen-bond donors (Lipinski definition) is 1. The van der Waals surface area contributed by atoms with Crippen LogP contribution in [0, 0.1) is 5.92 Å². The van der Waals surface area contributed by atoms with Gasteiger partial charge in [0.15, 0.2) is 0 Å². The minimum atomic E-state index is -3.10. The van der Waals surface area contributed by atoms with Crippen molar-refractivity contribution in [3.63, 3.8) is 0 Å². The predicted octanol–water partition coefficient (Wildman–Crippen LogP) is 1.58. The first-order chi connectivity index (χ1) is 8.39. The molecule has 1 aliphatic heterocycles. The summed E-state index contributed by atoms with van der Waals surface area (Å²) in [6, 6.07) is 0. The third kappa shape index (κ3) is 3.93. The first-order valence-corrected chi connectivity index (χ1v) is 8.99. The quantitative estimate of drug-likeness (QED) is 0.847. The van der Waals surface area contributed by atoms with E-state index in [4.69, 9.17) is 0 Å². The average molecular weight is 274 g/mol. The Labute approximate surface area is 111 Å². The molecule has 0 aromatic rings. The average Bonchev–Trinajstić information content (AvgIpc) is 2.67. The van der Waals surface area contributed by atoms with Gasteiger partial charge in [-0.05, 0) is 44.7 Å². The zero-order valence-corrected chi connectivity index (χ0v) is 12.4. The molecule has 0 radical (unpaired) electrons. The first-order valence-electron chi connectivity index (χ1n) is 7.10. The molecule has 2 aliphatic rings. The number of nitrogens with zero attached hydrogens (tertiary/aromatic N) is 1. The monoisotopic (exact) mass is 274 g/mol. The molecule has 0 amide bonds. The highest BCUT2D eigenvalue weighted by Crippen LogP contribution is 2.32. The maximum Gasteiger partial charge on any atom is 0.209 e. The van der Waals surface area contributed by atoms with Crippen LogP contribution in [0.4, 0.5) is 0 Å². The molecule has 1 N–H and O–H groups in total. The molecule has 0 spiro atoms. The maximum atomic E-state index is 11.6. The molecule has 0 aromatic heterocycles. The Kier molecular flexibility index (Phi) is 4.34. The van der Waals surface area contributed by atoms with Crippen molar-refractivity contribution in [1.29, 1.82) is 0 Å². The van der Waals surface area contributed by atoms with Crippen molar-refractivity contribution in [3.8, 4) is 0 Å². The van der Waals surface area contributed by atoms with Crippen molar-refractivity contribution >= 4 is 10.0 Å². The van der Waals surface area contributed by atoms with Gasteiger partial charge in [-0.25, -0.2) is 13.1 Å². The number of piperidine rings is 1. The predicted molar refractivity (Wildman–Crippen MR) is 74.0 cm³/mol. The lowest BCUT2D eigenvalue weighted by Gasteiger charge is -2.38. The van der Waals surface area contributed by atoms with Gasteiger partial charge in [0.05, 0.1) is 6.26 Å². The number of rotatable bonds is 4. The first kappa shape index (κ1) is 14.3. The molecule has 5 heteroatoms. The van der Waals surface area contributed by atoms with Crippen molar-refractivity contribution in [2.24, 2.45) is 5.92 Å². The highest BCUT2D eigenvalue weighted by Gasteiger charge is 2.38. The summed E-state index contributed by atoms with van der Waals surface area (Å²) in [5.41, 5.74) is -0.186. The Morgan fingerprint density at radius 3 is 2.28 bits per heavy atom. The Bertz CT molecular complexity index is 366. The highest BCUT2D eigenvalue weighted by atomic mass is 32.2. The summed E-state index contributed by atoms with van der Waals surface area (Å²) in [6.07, 6.45) is 8.05. The minimum Gasteiger partial charge on any atom is -0.301 e. The summed E-state index contributed by atoms with van der Waals surface area (Å²) in [5, 5.41) is 0. The van der Waals surface area contributed by atoms with Gasteiger partial charge in [-0.15, -0.1) is 0 Å². The second kappa shape index (κ2) is 5.47. The van der Waals surface area contributed by atoms with Crippen LogP contribution in [0.25, 0.3) is 0 Å². The molecule has 106 valence electrons. The molecular weight excluding hydrogens is 248 g/mol. The Morgan fingerprint density at radius 1 is 1.22 bits per heavy atom.